The predicted molar refractivity (Wildman–Crippen MR) is 104 cm³/mol. The normalized spacial score (nSPS) is 14.6. The van der Waals surface area contributed by atoms with Gasteiger partial charge in [0, 0.05) is 12.4 Å². The molecule has 1 aliphatic rings. The quantitative estimate of drug-likeness (QED) is 0.687. The van der Waals surface area contributed by atoms with E-state index in [9.17, 15) is 4.79 Å². The summed E-state index contributed by atoms with van der Waals surface area (Å²) >= 11 is 6.31. The number of nitrogens with one attached hydrogen (secondary N) is 1. The van der Waals surface area contributed by atoms with Crippen LogP contribution < -0.4 is 10.1 Å². The largest absolute Gasteiger partial charge is 0.497 e. The van der Waals surface area contributed by atoms with Crippen LogP contribution in [0.2, 0.25) is 5.02 Å². The summed E-state index contributed by atoms with van der Waals surface area (Å²) in [5.74, 6) is 1.08. The molecule has 27 heavy (non-hydrogen) atoms. The Labute approximate surface area is 162 Å². The Balaban J connectivity index is 1.59. The van der Waals surface area contributed by atoms with Gasteiger partial charge in [0.15, 0.2) is 0 Å². The third-order valence-corrected chi connectivity index (χ3v) is 5.15. The smallest absolute Gasteiger partial charge is 0.253 e. The molecule has 1 unspecified atom stereocenters. The van der Waals surface area contributed by atoms with Crippen LogP contribution >= 0.6 is 11.6 Å². The molecule has 1 atom stereocenters. The molecule has 1 fully saturated rings. The molecule has 3 aromatic rings. The number of ether oxygens (including phenoxy) is 1. The van der Waals surface area contributed by atoms with E-state index < -0.39 is 0 Å². The standard InChI is InChI=1S/C21H20ClN3O2/c1-27-17-8-5-15(6-9-17)20(14-3-4-14)24-21(26)18-13-16(7-10-19(18)22)25-12-2-11-23-25/h2,5-14,20H,3-4H2,1H3,(H,24,26). The highest BCUT2D eigenvalue weighted by atomic mass is 35.5. The zero-order chi connectivity index (χ0) is 18.8. The van der Waals surface area contributed by atoms with Gasteiger partial charge < -0.3 is 10.1 Å². The van der Waals surface area contributed by atoms with Gasteiger partial charge in [-0.2, -0.15) is 5.10 Å². The molecule has 0 spiro atoms. The fourth-order valence-corrected chi connectivity index (χ4v) is 3.39. The number of carbonyl (C=O) groups is 1. The number of hydrogen-bond donors (Lipinski definition) is 1. The summed E-state index contributed by atoms with van der Waals surface area (Å²) in [7, 11) is 1.64. The lowest BCUT2D eigenvalue weighted by Gasteiger charge is -2.20. The molecule has 2 aromatic carbocycles. The summed E-state index contributed by atoms with van der Waals surface area (Å²) in [6, 6.07) is 15.0. The number of aromatic nitrogens is 2. The molecular formula is C21H20ClN3O2. The van der Waals surface area contributed by atoms with E-state index in [1.165, 1.54) is 0 Å². The number of benzene rings is 2. The number of nitrogens with zero attached hydrogens (tertiary/aromatic N) is 2. The molecule has 1 amide bonds. The Morgan fingerprint density at radius 1 is 1.26 bits per heavy atom. The topological polar surface area (TPSA) is 56.1 Å². The van der Waals surface area contributed by atoms with E-state index in [1.54, 1.807) is 30.1 Å². The second kappa shape index (κ2) is 7.45. The van der Waals surface area contributed by atoms with Crippen LogP contribution in [-0.4, -0.2) is 22.8 Å². The summed E-state index contributed by atoms with van der Waals surface area (Å²) in [4.78, 5) is 13.0. The first kappa shape index (κ1) is 17.6. The van der Waals surface area contributed by atoms with Crippen LogP contribution in [-0.2, 0) is 0 Å². The Bertz CT molecular complexity index is 935. The second-order valence-electron chi connectivity index (χ2n) is 6.68. The summed E-state index contributed by atoms with van der Waals surface area (Å²) < 4.78 is 6.93. The highest BCUT2D eigenvalue weighted by Crippen LogP contribution is 2.41. The van der Waals surface area contributed by atoms with Crippen LogP contribution in [0.3, 0.4) is 0 Å². The lowest BCUT2D eigenvalue weighted by Crippen LogP contribution is -2.30. The van der Waals surface area contributed by atoms with Crippen LogP contribution in [0, 0.1) is 5.92 Å². The second-order valence-corrected chi connectivity index (χ2v) is 7.08. The lowest BCUT2D eigenvalue weighted by molar-refractivity contribution is 0.0932. The summed E-state index contributed by atoms with van der Waals surface area (Å²) in [5, 5.41) is 7.80. The van der Waals surface area contributed by atoms with Crippen molar-refractivity contribution in [2.75, 3.05) is 7.11 Å². The Hall–Kier alpha value is -2.79. The van der Waals surface area contributed by atoms with E-state index in [0.29, 0.717) is 16.5 Å². The monoisotopic (exact) mass is 381 g/mol. The number of methoxy groups -OCH3 is 1. The fraction of sp³-hybridized carbons (Fsp3) is 0.238. The Kier molecular flexibility index (Phi) is 4.86. The average Bonchev–Trinajstić information content (AvgIpc) is 3.39. The molecule has 0 radical (unpaired) electrons. The lowest BCUT2D eigenvalue weighted by atomic mass is 10.0. The molecule has 1 aliphatic carbocycles. The zero-order valence-corrected chi connectivity index (χ0v) is 15.7. The van der Waals surface area contributed by atoms with E-state index in [1.807, 2.05) is 42.6 Å². The van der Waals surface area contributed by atoms with E-state index >= 15 is 0 Å². The molecular weight excluding hydrogens is 362 g/mol. The summed E-state index contributed by atoms with van der Waals surface area (Å²) in [6.07, 6.45) is 5.74. The van der Waals surface area contributed by atoms with Crippen molar-refractivity contribution < 1.29 is 9.53 Å². The van der Waals surface area contributed by atoms with E-state index in [4.69, 9.17) is 16.3 Å². The van der Waals surface area contributed by atoms with Crippen LogP contribution in [0.15, 0.2) is 60.9 Å². The molecule has 1 aromatic heterocycles. The van der Waals surface area contributed by atoms with Gasteiger partial charge in [-0.05, 0) is 60.7 Å². The van der Waals surface area contributed by atoms with Gasteiger partial charge in [-0.25, -0.2) is 4.68 Å². The van der Waals surface area contributed by atoms with Crippen molar-refractivity contribution in [3.8, 4) is 11.4 Å². The van der Waals surface area contributed by atoms with Gasteiger partial charge in [0.25, 0.3) is 5.91 Å². The number of amides is 1. The maximum atomic E-state index is 13.0. The van der Waals surface area contributed by atoms with Gasteiger partial charge >= 0.3 is 0 Å². The van der Waals surface area contributed by atoms with Crippen LogP contribution in [0.25, 0.3) is 5.69 Å². The molecule has 0 bridgehead atoms. The van der Waals surface area contributed by atoms with Crippen LogP contribution in [0.1, 0.15) is 34.8 Å². The summed E-state index contributed by atoms with van der Waals surface area (Å²) in [5.41, 5.74) is 2.32. The number of rotatable bonds is 6. The minimum absolute atomic E-state index is 0.0344. The molecule has 1 saturated carbocycles. The third kappa shape index (κ3) is 3.83. The number of carbonyl (C=O) groups excluding carboxylic acids is 1. The van der Waals surface area contributed by atoms with Crippen molar-refractivity contribution >= 4 is 17.5 Å². The van der Waals surface area contributed by atoms with Gasteiger partial charge in [-0.15, -0.1) is 0 Å². The SMILES string of the molecule is COc1ccc(C(NC(=O)c2cc(-n3cccn3)ccc2Cl)C2CC2)cc1. The van der Waals surface area contributed by atoms with Crippen LogP contribution in [0.5, 0.6) is 5.75 Å². The van der Waals surface area contributed by atoms with Gasteiger partial charge in [-0.1, -0.05) is 23.7 Å². The van der Waals surface area contributed by atoms with Gasteiger partial charge in [0.1, 0.15) is 5.75 Å². The van der Waals surface area contributed by atoms with Crippen molar-refractivity contribution in [1.29, 1.82) is 0 Å². The zero-order valence-electron chi connectivity index (χ0n) is 14.9. The van der Waals surface area contributed by atoms with Crippen molar-refractivity contribution in [2.24, 2.45) is 5.92 Å². The minimum Gasteiger partial charge on any atom is -0.497 e. The third-order valence-electron chi connectivity index (χ3n) is 4.82. The van der Waals surface area contributed by atoms with Gasteiger partial charge in [0.2, 0.25) is 0 Å². The van der Waals surface area contributed by atoms with Crippen molar-refractivity contribution in [3.05, 3.63) is 77.1 Å². The summed E-state index contributed by atoms with van der Waals surface area (Å²) in [6.45, 7) is 0. The predicted octanol–water partition coefficient (Wildman–Crippen LogP) is 4.42. The Morgan fingerprint density at radius 3 is 2.67 bits per heavy atom. The van der Waals surface area contributed by atoms with Gasteiger partial charge in [-0.3, -0.25) is 4.79 Å². The number of hydrogen-bond acceptors (Lipinski definition) is 3. The molecule has 1 N–H and O–H groups in total. The van der Waals surface area contributed by atoms with Crippen LogP contribution in [0.4, 0.5) is 0 Å². The first-order chi connectivity index (χ1) is 13.2. The van der Waals surface area contributed by atoms with E-state index in [2.05, 4.69) is 10.4 Å². The first-order valence-electron chi connectivity index (χ1n) is 8.90. The molecule has 0 aliphatic heterocycles. The van der Waals surface area contributed by atoms with Gasteiger partial charge in [0.05, 0.1) is 29.4 Å². The minimum atomic E-state index is -0.179. The molecule has 6 heteroatoms. The van der Waals surface area contributed by atoms with E-state index in [0.717, 1.165) is 29.8 Å². The van der Waals surface area contributed by atoms with Crippen molar-refractivity contribution in [2.45, 2.75) is 18.9 Å². The molecule has 4 rings (SSSR count). The van der Waals surface area contributed by atoms with Crippen molar-refractivity contribution in [1.82, 2.24) is 15.1 Å². The maximum absolute atomic E-state index is 13.0. The molecule has 1 heterocycles. The highest BCUT2D eigenvalue weighted by Gasteiger charge is 2.34. The maximum Gasteiger partial charge on any atom is 0.253 e. The highest BCUT2D eigenvalue weighted by molar-refractivity contribution is 6.33. The first-order valence-corrected chi connectivity index (χ1v) is 9.28. The Morgan fingerprint density at radius 2 is 2.04 bits per heavy atom. The number of halogens is 1. The molecule has 138 valence electrons. The molecule has 5 nitrogen and oxygen atoms in total. The van der Waals surface area contributed by atoms with Crippen molar-refractivity contribution in [3.63, 3.8) is 0 Å². The van der Waals surface area contributed by atoms with E-state index in [-0.39, 0.29) is 11.9 Å². The molecule has 0 saturated heterocycles. The fourth-order valence-electron chi connectivity index (χ4n) is 3.18. The average molecular weight is 382 g/mol.